The third-order valence-corrected chi connectivity index (χ3v) is 9.24. The van der Waals surface area contributed by atoms with E-state index < -0.39 is 0 Å². The Morgan fingerprint density at radius 1 is 0.743 bits per heavy atom. The summed E-state index contributed by atoms with van der Waals surface area (Å²) >= 11 is 0. The lowest BCUT2D eigenvalue weighted by atomic mass is 9.89. The molecule has 0 saturated heterocycles. The summed E-state index contributed by atoms with van der Waals surface area (Å²) in [7, 11) is 0.559. The summed E-state index contributed by atoms with van der Waals surface area (Å²) < 4.78 is 0. The zero-order valence-electron chi connectivity index (χ0n) is 21.3. The standard InChI is InChI=1S/C32H36NOP/c1-5-32(6-2,29-22-24(3)21-25(4)31(29)34)35-30-20-14-13-15-26(30)23-33(27-16-9-7-10-17-27)28-18-11-8-12-19-28/h7-22,34-35H,5-6,23H2,1-4H3. The fraction of sp³-hybridized carbons (Fsp3) is 0.250. The second kappa shape index (κ2) is 11.1. The predicted molar refractivity (Wildman–Crippen MR) is 153 cm³/mol. The van der Waals surface area contributed by atoms with Gasteiger partial charge in [0.25, 0.3) is 0 Å². The van der Waals surface area contributed by atoms with Crippen molar-refractivity contribution in [1.82, 2.24) is 0 Å². The van der Waals surface area contributed by atoms with Gasteiger partial charge in [0, 0.05) is 28.6 Å². The van der Waals surface area contributed by atoms with Gasteiger partial charge in [0.15, 0.2) is 0 Å². The second-order valence-electron chi connectivity index (χ2n) is 9.31. The van der Waals surface area contributed by atoms with Gasteiger partial charge in [0.05, 0.1) is 0 Å². The second-order valence-corrected chi connectivity index (χ2v) is 11.1. The summed E-state index contributed by atoms with van der Waals surface area (Å²) in [5.41, 5.74) is 6.95. The third-order valence-electron chi connectivity index (χ3n) is 7.02. The minimum absolute atomic E-state index is 0.0959. The highest BCUT2D eigenvalue weighted by atomic mass is 31.1. The van der Waals surface area contributed by atoms with Gasteiger partial charge in [-0.1, -0.05) is 101 Å². The molecule has 2 nitrogen and oxygen atoms in total. The molecule has 0 aliphatic carbocycles. The lowest BCUT2D eigenvalue weighted by Gasteiger charge is -2.35. The molecule has 180 valence electrons. The minimum atomic E-state index is -0.0959. The van der Waals surface area contributed by atoms with Crippen LogP contribution in [0.4, 0.5) is 11.4 Å². The zero-order chi connectivity index (χ0) is 24.8. The number of benzene rings is 4. The van der Waals surface area contributed by atoms with Crippen LogP contribution in [-0.2, 0) is 11.7 Å². The van der Waals surface area contributed by atoms with E-state index in [0.29, 0.717) is 14.3 Å². The Bertz CT molecular complexity index is 1210. The van der Waals surface area contributed by atoms with Crippen molar-refractivity contribution in [3.05, 3.63) is 119 Å². The molecule has 0 fully saturated rings. The van der Waals surface area contributed by atoms with Gasteiger partial charge in [0.2, 0.25) is 0 Å². The van der Waals surface area contributed by atoms with Crippen LogP contribution >= 0.6 is 8.58 Å². The smallest absolute Gasteiger partial charge is 0.122 e. The molecule has 0 aromatic heterocycles. The van der Waals surface area contributed by atoms with Crippen molar-refractivity contribution in [3.63, 3.8) is 0 Å². The molecule has 35 heavy (non-hydrogen) atoms. The minimum Gasteiger partial charge on any atom is -0.507 e. The Morgan fingerprint density at radius 3 is 1.86 bits per heavy atom. The number of hydrogen-bond acceptors (Lipinski definition) is 2. The highest BCUT2D eigenvalue weighted by Crippen LogP contribution is 2.51. The Morgan fingerprint density at radius 2 is 1.29 bits per heavy atom. The third kappa shape index (κ3) is 5.44. The summed E-state index contributed by atoms with van der Waals surface area (Å²) in [6.45, 7) is 9.45. The average Bonchev–Trinajstić information content (AvgIpc) is 2.90. The Kier molecular flexibility index (Phi) is 7.93. The largest absolute Gasteiger partial charge is 0.507 e. The van der Waals surface area contributed by atoms with E-state index in [2.05, 4.69) is 123 Å². The SMILES string of the molecule is CCC(CC)(Pc1ccccc1CN(c1ccccc1)c1ccccc1)c1cc(C)cc(C)c1O. The summed E-state index contributed by atoms with van der Waals surface area (Å²) in [5.74, 6) is 0.458. The fourth-order valence-electron chi connectivity index (χ4n) is 4.96. The van der Waals surface area contributed by atoms with E-state index in [1.54, 1.807) is 0 Å². The van der Waals surface area contributed by atoms with E-state index in [1.807, 2.05) is 6.92 Å². The quantitative estimate of drug-likeness (QED) is 0.243. The number of aryl methyl sites for hydroxylation is 2. The van der Waals surface area contributed by atoms with Crippen LogP contribution in [0.1, 0.15) is 48.9 Å². The number of nitrogens with zero attached hydrogens (tertiary/aromatic N) is 1. The molecule has 4 aromatic rings. The van der Waals surface area contributed by atoms with Gasteiger partial charge in [-0.05, 0) is 67.4 Å². The zero-order valence-corrected chi connectivity index (χ0v) is 22.3. The Labute approximate surface area is 212 Å². The van der Waals surface area contributed by atoms with Gasteiger partial charge in [-0.2, -0.15) is 0 Å². The molecular formula is C32H36NOP. The number of aromatic hydroxyl groups is 1. The van der Waals surface area contributed by atoms with Gasteiger partial charge in [-0.25, -0.2) is 0 Å². The molecule has 0 aliphatic heterocycles. The first-order valence-electron chi connectivity index (χ1n) is 12.5. The predicted octanol–water partition coefficient (Wildman–Crippen LogP) is 8.37. The van der Waals surface area contributed by atoms with Gasteiger partial charge in [-0.15, -0.1) is 0 Å². The number of para-hydroxylation sites is 2. The number of anilines is 2. The molecule has 0 saturated carbocycles. The maximum atomic E-state index is 11.1. The summed E-state index contributed by atoms with van der Waals surface area (Å²) in [6, 6.07) is 34.3. The number of rotatable bonds is 9. The van der Waals surface area contributed by atoms with Crippen molar-refractivity contribution in [3.8, 4) is 5.75 Å². The highest BCUT2D eigenvalue weighted by molar-refractivity contribution is 7.48. The van der Waals surface area contributed by atoms with E-state index >= 15 is 0 Å². The molecule has 3 heteroatoms. The Balaban J connectivity index is 1.76. The van der Waals surface area contributed by atoms with Gasteiger partial charge in [-0.3, -0.25) is 0 Å². The first-order valence-corrected chi connectivity index (χ1v) is 13.5. The molecule has 4 rings (SSSR count). The van der Waals surface area contributed by atoms with Crippen LogP contribution in [0.25, 0.3) is 0 Å². The number of phenolic OH excluding ortho intramolecular Hbond substituents is 1. The van der Waals surface area contributed by atoms with Crippen LogP contribution in [0.5, 0.6) is 5.75 Å². The molecule has 0 radical (unpaired) electrons. The summed E-state index contributed by atoms with van der Waals surface area (Å²) in [5, 5.41) is 12.4. The maximum Gasteiger partial charge on any atom is 0.122 e. The summed E-state index contributed by atoms with van der Waals surface area (Å²) in [6.07, 6.45) is 1.96. The van der Waals surface area contributed by atoms with E-state index in [0.717, 1.165) is 30.5 Å². The molecular weight excluding hydrogens is 445 g/mol. The summed E-state index contributed by atoms with van der Waals surface area (Å²) in [4.78, 5) is 2.39. The monoisotopic (exact) mass is 481 g/mol. The molecule has 0 aliphatic rings. The first-order chi connectivity index (χ1) is 17.0. The van der Waals surface area contributed by atoms with Crippen LogP contribution in [-0.4, -0.2) is 5.11 Å². The molecule has 0 bridgehead atoms. The van der Waals surface area contributed by atoms with Crippen molar-refractivity contribution >= 4 is 25.3 Å². The van der Waals surface area contributed by atoms with E-state index in [9.17, 15) is 5.11 Å². The van der Waals surface area contributed by atoms with Crippen molar-refractivity contribution in [2.24, 2.45) is 0 Å². The maximum absolute atomic E-state index is 11.1. The topological polar surface area (TPSA) is 23.5 Å². The molecule has 0 spiro atoms. The fourth-order valence-corrected chi connectivity index (χ4v) is 6.65. The molecule has 1 unspecified atom stereocenters. The average molecular weight is 482 g/mol. The van der Waals surface area contributed by atoms with E-state index in [1.165, 1.54) is 27.8 Å². The molecule has 1 N–H and O–H groups in total. The van der Waals surface area contributed by atoms with Crippen molar-refractivity contribution in [1.29, 1.82) is 0 Å². The normalized spacial score (nSPS) is 11.8. The van der Waals surface area contributed by atoms with Gasteiger partial charge < -0.3 is 10.0 Å². The molecule has 4 aromatic carbocycles. The van der Waals surface area contributed by atoms with Gasteiger partial charge in [0.1, 0.15) is 5.75 Å². The lowest BCUT2D eigenvalue weighted by Crippen LogP contribution is -2.25. The van der Waals surface area contributed by atoms with Gasteiger partial charge >= 0.3 is 0 Å². The molecule has 0 amide bonds. The van der Waals surface area contributed by atoms with Crippen LogP contribution in [0, 0.1) is 13.8 Å². The molecule has 1 atom stereocenters. The number of hydrogen-bond donors (Lipinski definition) is 1. The van der Waals surface area contributed by atoms with E-state index in [-0.39, 0.29) is 5.16 Å². The Hall–Kier alpha value is -3.09. The van der Waals surface area contributed by atoms with Crippen LogP contribution in [0.15, 0.2) is 97.1 Å². The number of phenols is 1. The van der Waals surface area contributed by atoms with Crippen molar-refractivity contribution < 1.29 is 5.11 Å². The van der Waals surface area contributed by atoms with Crippen LogP contribution < -0.4 is 10.2 Å². The van der Waals surface area contributed by atoms with Crippen LogP contribution in [0.3, 0.4) is 0 Å². The van der Waals surface area contributed by atoms with Crippen molar-refractivity contribution in [2.75, 3.05) is 4.90 Å². The highest BCUT2D eigenvalue weighted by Gasteiger charge is 2.33. The lowest BCUT2D eigenvalue weighted by molar-refractivity contribution is 0.444. The van der Waals surface area contributed by atoms with Crippen molar-refractivity contribution in [2.45, 2.75) is 52.2 Å². The van der Waals surface area contributed by atoms with E-state index in [4.69, 9.17) is 0 Å². The first kappa shape index (κ1) is 25.0. The van der Waals surface area contributed by atoms with Crippen LogP contribution in [0.2, 0.25) is 0 Å². The molecule has 0 heterocycles.